The summed E-state index contributed by atoms with van der Waals surface area (Å²) >= 11 is 5.74. The summed E-state index contributed by atoms with van der Waals surface area (Å²) in [5.74, 6) is -1.18. The van der Waals surface area contributed by atoms with E-state index in [1.165, 1.54) is 18.2 Å². The maximum absolute atomic E-state index is 12.4. The van der Waals surface area contributed by atoms with E-state index in [9.17, 15) is 19.7 Å². The molecule has 132 valence electrons. The average molecular weight is 373 g/mol. The summed E-state index contributed by atoms with van der Waals surface area (Å²) < 4.78 is 5.24. The molecule has 0 saturated carbocycles. The van der Waals surface area contributed by atoms with Crippen LogP contribution >= 0.6 is 11.6 Å². The number of ether oxygens (including phenoxy) is 1. The molecule has 1 amide bonds. The standard InChI is InChI=1S/C18H13ClN2O5/c19-12-6-7-14(16(8-12)21(24)25)18(23)26-13-9-15(20-17(22)10-13)11-4-2-1-3-5-11/h1-8,10,15H,9H2,(H,20,22). The first-order valence-electron chi connectivity index (χ1n) is 7.66. The number of halogens is 1. The van der Waals surface area contributed by atoms with Crippen LogP contribution < -0.4 is 5.32 Å². The van der Waals surface area contributed by atoms with E-state index in [4.69, 9.17) is 16.3 Å². The van der Waals surface area contributed by atoms with Crippen LogP contribution in [0.25, 0.3) is 0 Å². The fourth-order valence-corrected chi connectivity index (χ4v) is 2.80. The van der Waals surface area contributed by atoms with Crippen LogP contribution in [0.1, 0.15) is 28.4 Å². The number of hydrogen-bond acceptors (Lipinski definition) is 5. The summed E-state index contributed by atoms with van der Waals surface area (Å²) in [4.78, 5) is 34.7. The number of rotatable bonds is 4. The van der Waals surface area contributed by atoms with E-state index in [1.54, 1.807) is 0 Å². The molecule has 0 bridgehead atoms. The maximum Gasteiger partial charge on any atom is 0.350 e. The molecule has 1 unspecified atom stereocenters. The highest BCUT2D eigenvalue weighted by Gasteiger charge is 2.27. The van der Waals surface area contributed by atoms with Crippen molar-refractivity contribution in [1.29, 1.82) is 0 Å². The lowest BCUT2D eigenvalue weighted by atomic mass is 10.00. The van der Waals surface area contributed by atoms with Crippen molar-refractivity contribution in [3.63, 3.8) is 0 Å². The van der Waals surface area contributed by atoms with E-state index in [0.29, 0.717) is 0 Å². The molecular formula is C18H13ClN2O5. The fourth-order valence-electron chi connectivity index (χ4n) is 2.63. The largest absolute Gasteiger partial charge is 0.427 e. The third-order valence-electron chi connectivity index (χ3n) is 3.82. The van der Waals surface area contributed by atoms with Crippen molar-refractivity contribution < 1.29 is 19.2 Å². The lowest BCUT2D eigenvalue weighted by Crippen LogP contribution is -2.32. The van der Waals surface area contributed by atoms with Gasteiger partial charge < -0.3 is 10.1 Å². The Labute approximate surface area is 153 Å². The number of benzene rings is 2. The Morgan fingerprint density at radius 2 is 1.96 bits per heavy atom. The highest BCUT2D eigenvalue weighted by Crippen LogP contribution is 2.28. The SMILES string of the molecule is O=C1C=C(OC(=O)c2ccc(Cl)cc2[N+](=O)[O-])CC(c2ccccc2)N1. The van der Waals surface area contributed by atoms with Crippen LogP contribution in [0.4, 0.5) is 5.69 Å². The van der Waals surface area contributed by atoms with Gasteiger partial charge in [0.15, 0.2) is 0 Å². The second-order valence-electron chi connectivity index (χ2n) is 5.59. The first-order chi connectivity index (χ1) is 12.4. The molecule has 1 aliphatic heterocycles. The molecule has 0 aliphatic carbocycles. The van der Waals surface area contributed by atoms with Crippen molar-refractivity contribution in [1.82, 2.24) is 5.32 Å². The number of nitro benzene ring substituents is 1. The van der Waals surface area contributed by atoms with Gasteiger partial charge in [0.2, 0.25) is 5.91 Å². The molecule has 0 aromatic heterocycles. The van der Waals surface area contributed by atoms with Crippen molar-refractivity contribution in [3.05, 3.63) is 86.6 Å². The minimum absolute atomic E-state index is 0.133. The molecule has 7 nitrogen and oxygen atoms in total. The molecule has 1 N–H and O–H groups in total. The van der Waals surface area contributed by atoms with Crippen LogP contribution in [0.3, 0.4) is 0 Å². The van der Waals surface area contributed by atoms with Crippen molar-refractivity contribution in [2.75, 3.05) is 0 Å². The summed E-state index contributed by atoms with van der Waals surface area (Å²) in [6.07, 6.45) is 1.42. The van der Waals surface area contributed by atoms with Crippen molar-refractivity contribution in [3.8, 4) is 0 Å². The number of hydrogen-bond donors (Lipinski definition) is 1. The Kier molecular flexibility index (Phi) is 4.99. The summed E-state index contributed by atoms with van der Waals surface area (Å²) in [6.45, 7) is 0. The first-order valence-corrected chi connectivity index (χ1v) is 8.04. The second kappa shape index (κ2) is 7.37. The molecule has 1 aliphatic rings. The predicted octanol–water partition coefficient (Wildman–Crippen LogP) is 3.55. The molecule has 0 saturated heterocycles. The number of nitrogens with zero attached hydrogens (tertiary/aromatic N) is 1. The molecule has 8 heteroatoms. The zero-order valence-corrected chi connectivity index (χ0v) is 14.1. The molecule has 0 radical (unpaired) electrons. The summed E-state index contributed by atoms with van der Waals surface area (Å²) in [6, 6.07) is 12.5. The van der Waals surface area contributed by atoms with Crippen LogP contribution in [0.15, 0.2) is 60.4 Å². The van der Waals surface area contributed by atoms with Gasteiger partial charge in [-0.2, -0.15) is 0 Å². The van der Waals surface area contributed by atoms with Gasteiger partial charge in [-0.25, -0.2) is 4.79 Å². The molecule has 0 spiro atoms. The molecule has 3 rings (SSSR count). The lowest BCUT2D eigenvalue weighted by molar-refractivity contribution is -0.385. The van der Waals surface area contributed by atoms with E-state index < -0.39 is 22.5 Å². The molecule has 1 atom stereocenters. The topological polar surface area (TPSA) is 98.5 Å². The van der Waals surface area contributed by atoms with Gasteiger partial charge in [0.25, 0.3) is 5.69 Å². The Bertz CT molecular complexity index is 911. The smallest absolute Gasteiger partial charge is 0.350 e. The number of carbonyl (C=O) groups excluding carboxylic acids is 2. The zero-order chi connectivity index (χ0) is 18.7. The molecular weight excluding hydrogens is 360 g/mol. The van der Waals surface area contributed by atoms with Gasteiger partial charge in [0.05, 0.1) is 11.0 Å². The third-order valence-corrected chi connectivity index (χ3v) is 4.05. The zero-order valence-electron chi connectivity index (χ0n) is 13.3. The van der Waals surface area contributed by atoms with E-state index >= 15 is 0 Å². The van der Waals surface area contributed by atoms with Gasteiger partial charge in [-0.3, -0.25) is 14.9 Å². The Balaban J connectivity index is 1.81. The monoisotopic (exact) mass is 372 g/mol. The van der Waals surface area contributed by atoms with Gasteiger partial charge in [0.1, 0.15) is 11.3 Å². The van der Waals surface area contributed by atoms with Crippen molar-refractivity contribution in [2.45, 2.75) is 12.5 Å². The Morgan fingerprint density at radius 3 is 2.65 bits per heavy atom. The van der Waals surface area contributed by atoms with Crippen LogP contribution in [0.2, 0.25) is 5.02 Å². The maximum atomic E-state index is 12.4. The van der Waals surface area contributed by atoms with Crippen molar-refractivity contribution >= 4 is 29.2 Å². The molecule has 2 aromatic rings. The lowest BCUT2D eigenvalue weighted by Gasteiger charge is -2.23. The number of carbonyl (C=O) groups is 2. The number of amides is 1. The van der Waals surface area contributed by atoms with E-state index in [-0.39, 0.29) is 28.8 Å². The second-order valence-corrected chi connectivity index (χ2v) is 6.03. The Hall–Kier alpha value is -3.19. The van der Waals surface area contributed by atoms with Crippen LogP contribution in [-0.4, -0.2) is 16.8 Å². The molecule has 0 fully saturated rings. The van der Waals surface area contributed by atoms with Gasteiger partial charge in [0, 0.05) is 23.6 Å². The van der Waals surface area contributed by atoms with Crippen LogP contribution in [0, 0.1) is 10.1 Å². The predicted molar refractivity (Wildman–Crippen MR) is 93.5 cm³/mol. The minimum Gasteiger partial charge on any atom is -0.427 e. The van der Waals surface area contributed by atoms with Crippen LogP contribution in [0.5, 0.6) is 0 Å². The van der Waals surface area contributed by atoms with Gasteiger partial charge in [-0.15, -0.1) is 0 Å². The van der Waals surface area contributed by atoms with Crippen LogP contribution in [-0.2, 0) is 9.53 Å². The van der Waals surface area contributed by atoms with E-state index in [0.717, 1.165) is 11.6 Å². The van der Waals surface area contributed by atoms with Crippen molar-refractivity contribution in [2.24, 2.45) is 0 Å². The summed E-state index contributed by atoms with van der Waals surface area (Å²) in [5, 5.41) is 14.0. The highest BCUT2D eigenvalue weighted by molar-refractivity contribution is 6.31. The van der Waals surface area contributed by atoms with Gasteiger partial charge in [-0.1, -0.05) is 41.9 Å². The normalized spacial score (nSPS) is 16.4. The molecule has 2 aromatic carbocycles. The Morgan fingerprint density at radius 1 is 1.23 bits per heavy atom. The van der Waals surface area contributed by atoms with E-state index in [1.807, 2.05) is 30.3 Å². The number of nitrogens with one attached hydrogen (secondary N) is 1. The average Bonchev–Trinajstić information content (AvgIpc) is 2.61. The number of nitro groups is 1. The fraction of sp³-hybridized carbons (Fsp3) is 0.111. The van der Waals surface area contributed by atoms with E-state index in [2.05, 4.69) is 5.32 Å². The molecule has 1 heterocycles. The molecule has 26 heavy (non-hydrogen) atoms. The third kappa shape index (κ3) is 3.89. The first kappa shape index (κ1) is 17.6. The number of esters is 1. The summed E-state index contributed by atoms with van der Waals surface area (Å²) in [5.41, 5.74) is 0.172. The van der Waals surface area contributed by atoms with Gasteiger partial charge >= 0.3 is 5.97 Å². The quantitative estimate of drug-likeness (QED) is 0.502. The van der Waals surface area contributed by atoms with Gasteiger partial charge in [-0.05, 0) is 17.7 Å². The minimum atomic E-state index is -0.916. The highest BCUT2D eigenvalue weighted by atomic mass is 35.5. The summed E-state index contributed by atoms with van der Waals surface area (Å²) in [7, 11) is 0.